The predicted molar refractivity (Wildman–Crippen MR) is 115 cm³/mol. The van der Waals surface area contributed by atoms with Crippen molar-refractivity contribution in [2.45, 2.75) is 32.5 Å². The molecule has 30 heavy (non-hydrogen) atoms. The number of esters is 1. The van der Waals surface area contributed by atoms with Gasteiger partial charge in [-0.2, -0.15) is 0 Å². The number of ether oxygens (including phenoxy) is 1. The number of benzene rings is 2. The minimum Gasteiger partial charge on any atom is -0.467 e. The van der Waals surface area contributed by atoms with E-state index >= 15 is 0 Å². The fourth-order valence-electron chi connectivity index (χ4n) is 2.93. The van der Waals surface area contributed by atoms with E-state index in [1.807, 2.05) is 32.0 Å². The number of carbonyl (C=O) groups excluding carboxylic acids is 2. The van der Waals surface area contributed by atoms with E-state index in [1.165, 1.54) is 21.3 Å². The SMILES string of the molecule is COC(=O)[C@H](Cc1ccc(C)c(C)c1)NC(=O)c1ccc(CP(=O)(OC)OC)cc1. The van der Waals surface area contributed by atoms with Crippen molar-refractivity contribution in [2.75, 3.05) is 21.3 Å². The largest absolute Gasteiger partial charge is 0.467 e. The standard InChI is InChI=1S/C22H28NO6P/c1-15-6-7-18(12-16(15)2)13-20(22(25)27-3)23-21(24)19-10-8-17(9-11-19)14-30(26,28-4)29-5/h6-12,20H,13-14H2,1-5H3,(H,23,24)/t20-/m0/s1. The summed E-state index contributed by atoms with van der Waals surface area (Å²) >= 11 is 0. The van der Waals surface area contributed by atoms with E-state index in [1.54, 1.807) is 24.3 Å². The van der Waals surface area contributed by atoms with Crippen LogP contribution in [0, 0.1) is 13.8 Å². The highest BCUT2D eigenvalue weighted by atomic mass is 31.2. The molecule has 162 valence electrons. The lowest BCUT2D eigenvalue weighted by molar-refractivity contribution is -0.142. The van der Waals surface area contributed by atoms with E-state index < -0.39 is 25.5 Å². The van der Waals surface area contributed by atoms with Crippen LogP contribution < -0.4 is 5.32 Å². The fraction of sp³-hybridized carbons (Fsp3) is 0.364. The average Bonchev–Trinajstić information content (AvgIpc) is 2.75. The van der Waals surface area contributed by atoms with Gasteiger partial charge in [-0.1, -0.05) is 30.3 Å². The maximum Gasteiger partial charge on any atom is 0.334 e. The van der Waals surface area contributed by atoms with E-state index in [-0.39, 0.29) is 6.16 Å². The van der Waals surface area contributed by atoms with Crippen molar-refractivity contribution in [1.82, 2.24) is 5.32 Å². The molecule has 0 fully saturated rings. The van der Waals surface area contributed by atoms with Crippen LogP contribution in [0.5, 0.6) is 0 Å². The number of amides is 1. The second-order valence-electron chi connectivity index (χ2n) is 7.00. The van der Waals surface area contributed by atoms with Gasteiger partial charge in [-0.3, -0.25) is 9.36 Å². The normalized spacial score (nSPS) is 12.3. The number of nitrogens with one attached hydrogen (secondary N) is 1. The van der Waals surface area contributed by atoms with Gasteiger partial charge in [0.25, 0.3) is 5.91 Å². The Bertz CT molecular complexity index is 933. The molecule has 7 nitrogen and oxygen atoms in total. The molecule has 2 aromatic carbocycles. The molecule has 0 aromatic heterocycles. The lowest BCUT2D eigenvalue weighted by atomic mass is 10.0. The molecule has 0 saturated heterocycles. The number of rotatable bonds is 9. The molecule has 0 radical (unpaired) electrons. The van der Waals surface area contributed by atoms with Crippen LogP contribution in [0.2, 0.25) is 0 Å². The number of methoxy groups -OCH3 is 1. The highest BCUT2D eigenvalue weighted by Crippen LogP contribution is 2.49. The lowest BCUT2D eigenvalue weighted by Gasteiger charge is -2.18. The van der Waals surface area contributed by atoms with Crippen LogP contribution in [-0.4, -0.2) is 39.2 Å². The summed E-state index contributed by atoms with van der Waals surface area (Å²) in [5, 5.41) is 2.74. The monoisotopic (exact) mass is 433 g/mol. The molecule has 0 bridgehead atoms. The molecule has 0 aliphatic heterocycles. The maximum absolute atomic E-state index is 12.7. The Morgan fingerprint density at radius 1 is 0.933 bits per heavy atom. The van der Waals surface area contributed by atoms with Gasteiger partial charge in [0.05, 0.1) is 13.3 Å². The number of hydrogen-bond donors (Lipinski definition) is 1. The quantitative estimate of drug-likeness (QED) is 0.478. The first kappa shape index (κ1) is 23.8. The molecule has 1 atom stereocenters. The molecule has 0 spiro atoms. The molecule has 2 rings (SSSR count). The molecule has 0 saturated carbocycles. The third-order valence-corrected chi connectivity index (χ3v) is 6.82. The molecule has 0 heterocycles. The summed E-state index contributed by atoms with van der Waals surface area (Å²) in [6.45, 7) is 4.01. The molecule has 1 N–H and O–H groups in total. The van der Waals surface area contributed by atoms with Crippen molar-refractivity contribution in [3.63, 3.8) is 0 Å². The van der Waals surface area contributed by atoms with Gasteiger partial charge in [0.2, 0.25) is 0 Å². The Hall–Kier alpha value is -2.47. The molecular weight excluding hydrogens is 405 g/mol. The van der Waals surface area contributed by atoms with Crippen molar-refractivity contribution in [2.24, 2.45) is 0 Å². The zero-order valence-corrected chi connectivity index (χ0v) is 18.8. The van der Waals surface area contributed by atoms with E-state index in [9.17, 15) is 14.2 Å². The number of aryl methyl sites for hydroxylation is 2. The van der Waals surface area contributed by atoms with Crippen LogP contribution in [0.4, 0.5) is 0 Å². The summed E-state index contributed by atoms with van der Waals surface area (Å²) in [5.74, 6) is -0.915. The number of hydrogen-bond acceptors (Lipinski definition) is 6. The molecule has 2 aromatic rings. The zero-order chi connectivity index (χ0) is 22.3. The van der Waals surface area contributed by atoms with Crippen molar-refractivity contribution >= 4 is 19.5 Å². The maximum atomic E-state index is 12.7. The van der Waals surface area contributed by atoms with Gasteiger partial charge >= 0.3 is 13.6 Å². The molecule has 1 amide bonds. The van der Waals surface area contributed by atoms with Gasteiger partial charge in [-0.05, 0) is 48.2 Å². The summed E-state index contributed by atoms with van der Waals surface area (Å²) in [7, 11) is 0.758. The van der Waals surface area contributed by atoms with E-state index in [4.69, 9.17) is 13.8 Å². The molecule has 0 unspecified atom stereocenters. The third-order valence-electron chi connectivity index (χ3n) is 4.95. The van der Waals surface area contributed by atoms with Gasteiger partial charge < -0.3 is 19.1 Å². The third kappa shape index (κ3) is 6.26. The van der Waals surface area contributed by atoms with Crippen LogP contribution in [0.1, 0.15) is 32.6 Å². The first-order valence-corrected chi connectivity index (χ1v) is 11.2. The van der Waals surface area contributed by atoms with Crippen molar-refractivity contribution in [1.29, 1.82) is 0 Å². The first-order valence-electron chi connectivity index (χ1n) is 9.45. The summed E-state index contributed by atoms with van der Waals surface area (Å²) in [5.41, 5.74) is 4.28. The minimum absolute atomic E-state index is 0.0967. The summed E-state index contributed by atoms with van der Waals surface area (Å²) in [6, 6.07) is 11.7. The Kier molecular flexibility index (Phi) is 8.35. The van der Waals surface area contributed by atoms with Gasteiger partial charge in [-0.15, -0.1) is 0 Å². The Balaban J connectivity index is 2.12. The zero-order valence-electron chi connectivity index (χ0n) is 17.9. The molecule has 0 aliphatic rings. The van der Waals surface area contributed by atoms with Crippen LogP contribution >= 0.6 is 7.60 Å². The van der Waals surface area contributed by atoms with Crippen molar-refractivity contribution in [3.05, 3.63) is 70.3 Å². The molecule has 8 heteroatoms. The van der Waals surface area contributed by atoms with Crippen LogP contribution in [0.3, 0.4) is 0 Å². The van der Waals surface area contributed by atoms with Gasteiger partial charge in [0.15, 0.2) is 0 Å². The van der Waals surface area contributed by atoms with Crippen LogP contribution in [0.25, 0.3) is 0 Å². The first-order chi connectivity index (χ1) is 14.2. The summed E-state index contributed by atoms with van der Waals surface area (Å²) in [6.07, 6.45) is 0.419. The van der Waals surface area contributed by atoms with Crippen molar-refractivity contribution in [3.8, 4) is 0 Å². The molecular formula is C22H28NO6P. The van der Waals surface area contributed by atoms with Crippen LogP contribution in [0.15, 0.2) is 42.5 Å². The van der Waals surface area contributed by atoms with Gasteiger partial charge in [0.1, 0.15) is 6.04 Å². The lowest BCUT2D eigenvalue weighted by Crippen LogP contribution is -2.43. The minimum atomic E-state index is -3.19. The Labute approximate surface area is 177 Å². The average molecular weight is 433 g/mol. The molecule has 0 aliphatic carbocycles. The van der Waals surface area contributed by atoms with Crippen LogP contribution in [-0.2, 0) is 35.7 Å². The fourth-order valence-corrected chi connectivity index (χ4v) is 4.00. The highest BCUT2D eigenvalue weighted by Gasteiger charge is 2.24. The highest BCUT2D eigenvalue weighted by molar-refractivity contribution is 7.52. The Morgan fingerprint density at radius 3 is 2.07 bits per heavy atom. The van der Waals surface area contributed by atoms with E-state index in [0.29, 0.717) is 17.5 Å². The topological polar surface area (TPSA) is 90.9 Å². The second kappa shape index (κ2) is 10.5. The summed E-state index contributed by atoms with van der Waals surface area (Å²) < 4.78 is 27.0. The van der Waals surface area contributed by atoms with Gasteiger partial charge in [-0.25, -0.2) is 4.79 Å². The predicted octanol–water partition coefficient (Wildman–Crippen LogP) is 3.80. The Morgan fingerprint density at radius 2 is 1.53 bits per heavy atom. The second-order valence-corrected chi connectivity index (χ2v) is 9.27. The smallest absolute Gasteiger partial charge is 0.334 e. The number of carbonyl (C=O) groups is 2. The van der Waals surface area contributed by atoms with Crippen molar-refractivity contribution < 1.29 is 27.9 Å². The van der Waals surface area contributed by atoms with Gasteiger partial charge in [0, 0.05) is 26.2 Å². The summed E-state index contributed by atoms with van der Waals surface area (Å²) in [4.78, 5) is 24.9. The van der Waals surface area contributed by atoms with E-state index in [2.05, 4.69) is 5.32 Å². The van der Waals surface area contributed by atoms with E-state index in [0.717, 1.165) is 16.7 Å².